The van der Waals surface area contributed by atoms with Gasteiger partial charge in [-0.25, -0.2) is 13.1 Å². The maximum absolute atomic E-state index is 12.6. The maximum Gasteiger partial charge on any atom is 0.240 e. The predicted octanol–water partition coefficient (Wildman–Crippen LogP) is 3.49. The number of hydrogen-bond acceptors (Lipinski definition) is 2. The summed E-state index contributed by atoms with van der Waals surface area (Å²) < 4.78 is 28.1. The molecule has 2 saturated carbocycles. The predicted molar refractivity (Wildman–Crippen MR) is 84.5 cm³/mol. The lowest BCUT2D eigenvalue weighted by atomic mass is 9.71. The topological polar surface area (TPSA) is 46.2 Å². The summed E-state index contributed by atoms with van der Waals surface area (Å²) in [6.07, 6.45) is 3.30. The summed E-state index contributed by atoms with van der Waals surface area (Å²) in [5, 5.41) is 0. The first kappa shape index (κ1) is 15.0. The van der Waals surface area contributed by atoms with Gasteiger partial charge in [-0.05, 0) is 55.1 Å². The number of benzene rings is 1. The molecule has 4 heteroatoms. The molecule has 3 rings (SSSR count). The van der Waals surface area contributed by atoms with Gasteiger partial charge in [0.25, 0.3) is 0 Å². The zero-order chi connectivity index (χ0) is 15.5. The zero-order valence-corrected chi connectivity index (χ0v) is 14.1. The van der Waals surface area contributed by atoms with Crippen molar-refractivity contribution in [1.29, 1.82) is 0 Å². The molecule has 2 aliphatic carbocycles. The number of hydrogen-bond donors (Lipinski definition) is 1. The van der Waals surface area contributed by atoms with Crippen LogP contribution in [-0.2, 0) is 10.0 Å². The summed E-state index contributed by atoms with van der Waals surface area (Å²) in [5.41, 5.74) is 1.55. The van der Waals surface area contributed by atoms with Crippen LogP contribution < -0.4 is 4.72 Å². The Balaban J connectivity index is 1.83. The molecule has 3 nitrogen and oxygen atoms in total. The van der Waals surface area contributed by atoms with E-state index in [1.807, 2.05) is 19.1 Å². The van der Waals surface area contributed by atoms with E-state index in [1.54, 1.807) is 12.1 Å². The summed E-state index contributed by atoms with van der Waals surface area (Å²) in [7, 11) is -3.41. The summed E-state index contributed by atoms with van der Waals surface area (Å²) in [6.45, 7) is 8.87. The van der Waals surface area contributed by atoms with Crippen LogP contribution in [0.25, 0.3) is 0 Å². The van der Waals surface area contributed by atoms with Gasteiger partial charge in [0.15, 0.2) is 0 Å². The van der Waals surface area contributed by atoms with E-state index in [0.29, 0.717) is 10.8 Å². The van der Waals surface area contributed by atoms with Crippen LogP contribution in [0.5, 0.6) is 0 Å². The molecule has 0 unspecified atom stereocenters. The van der Waals surface area contributed by atoms with Crippen LogP contribution in [0.3, 0.4) is 0 Å². The second-order valence-electron chi connectivity index (χ2n) is 7.67. The van der Waals surface area contributed by atoms with Crippen molar-refractivity contribution >= 4 is 10.0 Å². The fraction of sp³-hybridized carbons (Fsp3) is 0.647. The van der Waals surface area contributed by atoms with Crippen LogP contribution in [0.1, 0.15) is 45.6 Å². The first-order chi connectivity index (χ1) is 9.66. The second-order valence-corrected chi connectivity index (χ2v) is 9.39. The number of rotatable bonds is 3. The van der Waals surface area contributed by atoms with E-state index in [1.165, 1.54) is 6.42 Å². The van der Waals surface area contributed by atoms with Gasteiger partial charge in [-0.1, -0.05) is 38.5 Å². The summed E-state index contributed by atoms with van der Waals surface area (Å²) >= 11 is 0. The van der Waals surface area contributed by atoms with Gasteiger partial charge in [-0.3, -0.25) is 0 Å². The van der Waals surface area contributed by atoms with Crippen molar-refractivity contribution in [3.8, 4) is 0 Å². The van der Waals surface area contributed by atoms with Gasteiger partial charge in [-0.2, -0.15) is 0 Å². The molecule has 1 aromatic carbocycles. The van der Waals surface area contributed by atoms with Gasteiger partial charge in [0.2, 0.25) is 10.0 Å². The van der Waals surface area contributed by atoms with Crippen molar-refractivity contribution in [3.05, 3.63) is 29.8 Å². The maximum atomic E-state index is 12.6. The Kier molecular flexibility index (Phi) is 3.27. The minimum absolute atomic E-state index is 0.0741. The van der Waals surface area contributed by atoms with Crippen LogP contribution in [-0.4, -0.2) is 14.5 Å². The monoisotopic (exact) mass is 307 g/mol. The van der Waals surface area contributed by atoms with Crippen molar-refractivity contribution < 1.29 is 8.42 Å². The Morgan fingerprint density at radius 1 is 1.14 bits per heavy atom. The molecule has 0 radical (unpaired) electrons. The Morgan fingerprint density at radius 2 is 1.76 bits per heavy atom. The highest BCUT2D eigenvalue weighted by atomic mass is 32.2. The highest BCUT2D eigenvalue weighted by molar-refractivity contribution is 7.89. The molecule has 0 aliphatic heterocycles. The highest BCUT2D eigenvalue weighted by Crippen LogP contribution is 2.65. The lowest BCUT2D eigenvalue weighted by Gasteiger charge is -2.33. The molecule has 0 spiro atoms. The van der Waals surface area contributed by atoms with E-state index >= 15 is 0 Å². The molecule has 21 heavy (non-hydrogen) atoms. The molecule has 116 valence electrons. The Labute approximate surface area is 128 Å². The van der Waals surface area contributed by atoms with Crippen molar-refractivity contribution in [3.63, 3.8) is 0 Å². The van der Waals surface area contributed by atoms with E-state index in [4.69, 9.17) is 0 Å². The number of fused-ring (bicyclic) bond motifs is 2. The number of nitrogens with one attached hydrogen (secondary N) is 1. The SMILES string of the molecule is Cc1ccc(S(=O)(=O)N[C@@H]2C[C@@]3(C)CC[C@@H]2C3(C)C)cc1. The fourth-order valence-electron chi connectivity index (χ4n) is 4.41. The van der Waals surface area contributed by atoms with Gasteiger partial charge >= 0.3 is 0 Å². The molecule has 0 saturated heterocycles. The van der Waals surface area contributed by atoms with Crippen LogP contribution in [0.15, 0.2) is 29.2 Å². The molecule has 2 bridgehead atoms. The fourth-order valence-corrected chi connectivity index (χ4v) is 5.69. The van der Waals surface area contributed by atoms with E-state index in [0.717, 1.165) is 18.4 Å². The zero-order valence-electron chi connectivity index (χ0n) is 13.3. The van der Waals surface area contributed by atoms with Crippen LogP contribution in [0.4, 0.5) is 0 Å². The van der Waals surface area contributed by atoms with Crippen LogP contribution >= 0.6 is 0 Å². The van der Waals surface area contributed by atoms with Gasteiger partial charge in [0.1, 0.15) is 0 Å². The second kappa shape index (κ2) is 4.56. The van der Waals surface area contributed by atoms with Gasteiger partial charge < -0.3 is 0 Å². The molecule has 0 aromatic heterocycles. The van der Waals surface area contributed by atoms with Gasteiger partial charge in [0, 0.05) is 6.04 Å². The van der Waals surface area contributed by atoms with Crippen LogP contribution in [0, 0.1) is 23.7 Å². The van der Waals surface area contributed by atoms with Gasteiger partial charge in [0.05, 0.1) is 4.90 Å². The van der Waals surface area contributed by atoms with Crippen LogP contribution in [0.2, 0.25) is 0 Å². The molecular formula is C17H25NO2S. The summed E-state index contributed by atoms with van der Waals surface area (Å²) in [6, 6.07) is 7.15. The summed E-state index contributed by atoms with van der Waals surface area (Å²) in [5.74, 6) is 0.447. The van der Waals surface area contributed by atoms with E-state index in [-0.39, 0.29) is 16.9 Å². The van der Waals surface area contributed by atoms with E-state index in [2.05, 4.69) is 25.5 Å². The first-order valence-corrected chi connectivity index (χ1v) is 9.23. The minimum Gasteiger partial charge on any atom is -0.208 e. The molecular weight excluding hydrogens is 282 g/mol. The number of aryl methyl sites for hydroxylation is 1. The van der Waals surface area contributed by atoms with Crippen molar-refractivity contribution in [2.45, 2.75) is 57.9 Å². The van der Waals surface area contributed by atoms with E-state index < -0.39 is 10.0 Å². The molecule has 2 fully saturated rings. The quantitative estimate of drug-likeness (QED) is 0.929. The molecule has 1 N–H and O–H groups in total. The lowest BCUT2D eigenvalue weighted by molar-refractivity contribution is 0.152. The average molecular weight is 307 g/mol. The minimum atomic E-state index is -3.41. The average Bonchev–Trinajstić information content (AvgIpc) is 2.70. The van der Waals surface area contributed by atoms with Crippen molar-refractivity contribution in [2.24, 2.45) is 16.7 Å². The van der Waals surface area contributed by atoms with Crippen molar-refractivity contribution in [1.82, 2.24) is 4.72 Å². The highest BCUT2D eigenvalue weighted by Gasteiger charge is 2.60. The molecule has 3 atom stereocenters. The third kappa shape index (κ3) is 2.23. The lowest BCUT2D eigenvalue weighted by Crippen LogP contribution is -2.40. The Bertz CT molecular complexity index is 645. The van der Waals surface area contributed by atoms with E-state index in [9.17, 15) is 8.42 Å². The standard InChI is InChI=1S/C17H25NO2S/c1-12-5-7-13(8-6-12)21(19,20)18-15-11-17(4)10-9-14(15)16(17,2)3/h5-8,14-15,18H,9-11H2,1-4H3/t14-,15+,17+/m0/s1. The molecule has 1 aromatic rings. The molecule has 0 amide bonds. The Hall–Kier alpha value is -0.870. The third-order valence-electron chi connectivity index (χ3n) is 6.28. The summed E-state index contributed by atoms with van der Waals surface area (Å²) in [4.78, 5) is 0.374. The normalized spacial score (nSPS) is 34.3. The molecule has 2 aliphatic rings. The first-order valence-electron chi connectivity index (χ1n) is 7.75. The van der Waals surface area contributed by atoms with Gasteiger partial charge in [-0.15, -0.1) is 0 Å². The largest absolute Gasteiger partial charge is 0.240 e. The Morgan fingerprint density at radius 3 is 2.24 bits per heavy atom. The molecule has 0 heterocycles. The smallest absolute Gasteiger partial charge is 0.208 e. The third-order valence-corrected chi connectivity index (χ3v) is 7.79. The number of sulfonamides is 1. The van der Waals surface area contributed by atoms with Crippen molar-refractivity contribution in [2.75, 3.05) is 0 Å².